The Morgan fingerprint density at radius 3 is 2.00 bits per heavy atom. The minimum atomic E-state index is -0.834. The lowest BCUT2D eigenvalue weighted by Gasteiger charge is -1.92. The Balaban J connectivity index is 2.32. The van der Waals surface area contributed by atoms with E-state index < -0.39 is 7.15 Å². The van der Waals surface area contributed by atoms with Gasteiger partial charge in [0.05, 0.1) is 0 Å². The van der Waals surface area contributed by atoms with Gasteiger partial charge in [0.25, 0.3) is 6.79 Å². The molecular formula is CH2O2PS+. The summed E-state index contributed by atoms with van der Waals surface area (Å²) < 4.78 is 9.18. The molecule has 0 amide bonds. The predicted octanol–water partition coefficient (Wildman–Crippen LogP) is 0.764. The van der Waals surface area contributed by atoms with Crippen LogP contribution >= 0.6 is 7.15 Å². The molecular weight excluding hydrogens is 107 g/mol. The first kappa shape index (κ1) is 3.62. The van der Waals surface area contributed by atoms with Crippen LogP contribution in [0.2, 0.25) is 0 Å². The highest BCUT2D eigenvalue weighted by molar-refractivity contribution is 8.01. The molecule has 0 aliphatic carbocycles. The van der Waals surface area contributed by atoms with Gasteiger partial charge >= 0.3 is 7.15 Å². The molecule has 2 nitrogen and oxygen atoms in total. The lowest BCUT2D eigenvalue weighted by Crippen LogP contribution is -1.97. The molecule has 28 valence electrons. The summed E-state index contributed by atoms with van der Waals surface area (Å²) in [4.78, 5) is 0. The second-order valence-electron chi connectivity index (χ2n) is 0.600. The van der Waals surface area contributed by atoms with Gasteiger partial charge in [-0.1, -0.05) is 0 Å². The fourth-order valence-electron chi connectivity index (χ4n) is 0.0957. The van der Waals surface area contributed by atoms with Crippen molar-refractivity contribution in [2.45, 2.75) is 0 Å². The van der Waals surface area contributed by atoms with Crippen molar-refractivity contribution in [3.63, 3.8) is 0 Å². The van der Waals surface area contributed by atoms with E-state index in [1.165, 1.54) is 0 Å². The molecule has 4 heteroatoms. The molecule has 0 saturated carbocycles. The Hall–Kier alpha value is 0.440. The van der Waals surface area contributed by atoms with E-state index in [-0.39, 0.29) is 0 Å². The van der Waals surface area contributed by atoms with Gasteiger partial charge in [0.1, 0.15) is 0 Å². The summed E-state index contributed by atoms with van der Waals surface area (Å²) in [6.45, 7) is 0.412. The third-order valence-corrected chi connectivity index (χ3v) is 1.58. The van der Waals surface area contributed by atoms with Crippen molar-refractivity contribution >= 4 is 19.0 Å². The van der Waals surface area contributed by atoms with E-state index in [1.54, 1.807) is 0 Å². The lowest BCUT2D eigenvalue weighted by atomic mass is 11.6. The normalized spacial score (nSPS) is 22.0. The maximum Gasteiger partial charge on any atom is 0.526 e. The van der Waals surface area contributed by atoms with Crippen LogP contribution in [0.4, 0.5) is 0 Å². The minimum Gasteiger partial charge on any atom is -0.108 e. The zero-order valence-electron chi connectivity index (χ0n) is 2.38. The molecule has 0 radical (unpaired) electrons. The highest BCUT2D eigenvalue weighted by Crippen LogP contribution is 2.33. The fraction of sp³-hybridized carbons (Fsp3) is 1.00. The van der Waals surface area contributed by atoms with Crippen molar-refractivity contribution in [2.75, 3.05) is 6.79 Å². The van der Waals surface area contributed by atoms with Crippen molar-refractivity contribution in [1.82, 2.24) is 0 Å². The molecule has 0 spiro atoms. The lowest BCUT2D eigenvalue weighted by molar-refractivity contribution is 0.0517. The molecule has 1 aliphatic rings. The van der Waals surface area contributed by atoms with Crippen LogP contribution in [0.1, 0.15) is 0 Å². The summed E-state index contributed by atoms with van der Waals surface area (Å²) in [6, 6.07) is 0. The largest absolute Gasteiger partial charge is 0.526 e. The topological polar surface area (TPSA) is 18.5 Å². The monoisotopic (exact) mass is 109 g/mol. The van der Waals surface area contributed by atoms with Gasteiger partial charge in [-0.05, 0) is 0 Å². The van der Waals surface area contributed by atoms with Crippen LogP contribution in [0, 0.1) is 0 Å². The maximum absolute atomic E-state index is 4.59. The summed E-state index contributed by atoms with van der Waals surface area (Å²) in [5.41, 5.74) is 0. The average molecular weight is 109 g/mol. The maximum atomic E-state index is 4.59. The van der Waals surface area contributed by atoms with Crippen molar-refractivity contribution < 1.29 is 9.05 Å². The number of rotatable bonds is 0. The van der Waals surface area contributed by atoms with Crippen LogP contribution in [0.5, 0.6) is 0 Å². The summed E-state index contributed by atoms with van der Waals surface area (Å²) in [6.07, 6.45) is 0. The van der Waals surface area contributed by atoms with Gasteiger partial charge in [0.2, 0.25) is 11.8 Å². The van der Waals surface area contributed by atoms with Crippen LogP contribution in [0.25, 0.3) is 0 Å². The zero-order chi connectivity index (χ0) is 3.70. The van der Waals surface area contributed by atoms with Crippen molar-refractivity contribution in [3.05, 3.63) is 0 Å². The van der Waals surface area contributed by atoms with Crippen LogP contribution in [0.3, 0.4) is 0 Å². The van der Waals surface area contributed by atoms with Gasteiger partial charge in [-0.15, -0.1) is 9.05 Å². The van der Waals surface area contributed by atoms with Gasteiger partial charge in [-0.25, -0.2) is 0 Å². The van der Waals surface area contributed by atoms with E-state index in [0.29, 0.717) is 6.79 Å². The molecule has 1 saturated heterocycles. The second-order valence-corrected chi connectivity index (χ2v) is 2.46. The third kappa shape index (κ3) is 0.637. The Labute approximate surface area is 35.7 Å². The van der Waals surface area contributed by atoms with Crippen molar-refractivity contribution in [3.8, 4) is 0 Å². The summed E-state index contributed by atoms with van der Waals surface area (Å²) >= 11 is 4.49. The molecule has 0 aromatic carbocycles. The Morgan fingerprint density at radius 2 is 2.00 bits per heavy atom. The SMILES string of the molecule is S=[P+]1OCO1. The molecule has 1 aliphatic heterocycles. The smallest absolute Gasteiger partial charge is 0.108 e. The van der Waals surface area contributed by atoms with Crippen LogP contribution < -0.4 is 0 Å². The van der Waals surface area contributed by atoms with Crippen molar-refractivity contribution in [1.29, 1.82) is 0 Å². The molecule has 0 bridgehead atoms. The molecule has 0 aromatic rings. The summed E-state index contributed by atoms with van der Waals surface area (Å²) in [5.74, 6) is 0. The van der Waals surface area contributed by atoms with E-state index in [4.69, 9.17) is 0 Å². The third-order valence-electron chi connectivity index (χ3n) is 0.316. The van der Waals surface area contributed by atoms with Gasteiger partial charge in [0, 0.05) is 0 Å². The number of hydrogen-bond donors (Lipinski definition) is 0. The highest BCUT2D eigenvalue weighted by atomic mass is 32.4. The standard InChI is InChI=1S/CH2O2PS/c5-4-2-1-3-4/h1H2/q+1. The second kappa shape index (κ2) is 1.27. The zero-order valence-corrected chi connectivity index (χ0v) is 4.09. The van der Waals surface area contributed by atoms with E-state index >= 15 is 0 Å². The molecule has 5 heavy (non-hydrogen) atoms. The van der Waals surface area contributed by atoms with Gasteiger partial charge in [-0.2, -0.15) is 0 Å². The van der Waals surface area contributed by atoms with Crippen molar-refractivity contribution in [2.24, 2.45) is 0 Å². The van der Waals surface area contributed by atoms with E-state index in [9.17, 15) is 0 Å². The Kier molecular flexibility index (Phi) is 0.918. The first-order chi connectivity index (χ1) is 2.39. The Bertz CT molecular complexity index is 56.7. The fourth-order valence-corrected chi connectivity index (χ4v) is 0.545. The van der Waals surface area contributed by atoms with Gasteiger partial charge < -0.3 is 0 Å². The molecule has 0 aromatic heterocycles. The van der Waals surface area contributed by atoms with Gasteiger partial charge in [-0.3, -0.25) is 0 Å². The molecule has 0 N–H and O–H groups in total. The molecule has 0 atom stereocenters. The first-order valence-corrected chi connectivity index (χ1v) is 3.32. The molecule has 0 unspecified atom stereocenters. The molecule has 1 rings (SSSR count). The van der Waals surface area contributed by atoms with E-state index in [0.717, 1.165) is 0 Å². The predicted molar refractivity (Wildman–Crippen MR) is 21.3 cm³/mol. The summed E-state index contributed by atoms with van der Waals surface area (Å²) in [7, 11) is -0.834. The Morgan fingerprint density at radius 1 is 1.60 bits per heavy atom. The first-order valence-electron chi connectivity index (χ1n) is 1.13. The molecule has 1 heterocycles. The quantitative estimate of drug-likeness (QED) is 0.428. The minimum absolute atomic E-state index is 0.412. The van der Waals surface area contributed by atoms with E-state index in [1.807, 2.05) is 0 Å². The van der Waals surface area contributed by atoms with Crippen LogP contribution in [-0.4, -0.2) is 6.79 Å². The average Bonchev–Trinajstić information content (AvgIpc) is 1.30. The molecule has 1 fully saturated rings. The highest BCUT2D eigenvalue weighted by Gasteiger charge is 2.25. The van der Waals surface area contributed by atoms with Gasteiger partial charge in [0.15, 0.2) is 0 Å². The number of hydrogen-bond acceptors (Lipinski definition) is 3. The van der Waals surface area contributed by atoms with E-state index in [2.05, 4.69) is 20.9 Å². The van der Waals surface area contributed by atoms with Crippen LogP contribution in [-0.2, 0) is 20.9 Å². The van der Waals surface area contributed by atoms with Crippen LogP contribution in [0.15, 0.2) is 0 Å². The summed E-state index contributed by atoms with van der Waals surface area (Å²) in [5, 5.41) is 0.